The van der Waals surface area contributed by atoms with Crippen LogP contribution in [0.3, 0.4) is 0 Å². The largest absolute Gasteiger partial charge is 0.350 e. The summed E-state index contributed by atoms with van der Waals surface area (Å²) in [7, 11) is 0. The number of imide groups is 1. The molecular formula is C24H18ClFN2O2. The molecule has 0 fully saturated rings. The molecule has 2 amide bonds. The maximum Gasteiger partial charge on any atom is 0.282 e. The van der Waals surface area contributed by atoms with Crippen molar-refractivity contribution in [1.82, 2.24) is 0 Å². The van der Waals surface area contributed by atoms with Gasteiger partial charge in [-0.3, -0.25) is 9.59 Å². The molecule has 4 nitrogen and oxygen atoms in total. The van der Waals surface area contributed by atoms with E-state index in [9.17, 15) is 14.0 Å². The Bertz CT molecular complexity index is 1200. The number of nitrogens with zero attached hydrogens (tertiary/aromatic N) is 1. The van der Waals surface area contributed by atoms with E-state index in [0.717, 1.165) is 16.0 Å². The van der Waals surface area contributed by atoms with Crippen LogP contribution in [0.25, 0.3) is 5.57 Å². The molecule has 0 bridgehead atoms. The number of aryl methyl sites for hydroxylation is 2. The van der Waals surface area contributed by atoms with Crippen LogP contribution in [0.4, 0.5) is 15.8 Å². The molecule has 1 N–H and O–H groups in total. The van der Waals surface area contributed by atoms with Gasteiger partial charge in [-0.25, -0.2) is 9.29 Å². The van der Waals surface area contributed by atoms with Crippen LogP contribution in [0, 0.1) is 19.7 Å². The number of benzene rings is 3. The Labute approximate surface area is 178 Å². The van der Waals surface area contributed by atoms with E-state index in [-0.39, 0.29) is 17.0 Å². The van der Waals surface area contributed by atoms with Crippen LogP contribution in [-0.2, 0) is 9.59 Å². The normalized spacial score (nSPS) is 13.9. The highest BCUT2D eigenvalue weighted by Gasteiger charge is 2.41. The van der Waals surface area contributed by atoms with Crippen LogP contribution in [0.1, 0.15) is 16.7 Å². The second-order valence-corrected chi connectivity index (χ2v) is 7.53. The molecule has 0 radical (unpaired) electrons. The lowest BCUT2D eigenvalue weighted by Gasteiger charge is -2.16. The topological polar surface area (TPSA) is 49.4 Å². The molecule has 0 spiro atoms. The Hall–Kier alpha value is -3.44. The standard InChI is InChI=1S/C24H18ClFN2O2/c1-14-7-8-15(2)19(13-14)27-22-21(16-9-11-17(25)12-10-16)23(29)28(24(22)30)20-6-4-3-5-18(20)26/h3-13,27H,1-2H3. The summed E-state index contributed by atoms with van der Waals surface area (Å²) < 4.78 is 14.4. The van der Waals surface area contributed by atoms with Crippen molar-refractivity contribution < 1.29 is 14.0 Å². The van der Waals surface area contributed by atoms with Gasteiger partial charge in [-0.05, 0) is 60.9 Å². The fourth-order valence-corrected chi connectivity index (χ4v) is 3.51. The first kappa shape index (κ1) is 19.9. The maximum absolute atomic E-state index is 14.4. The van der Waals surface area contributed by atoms with Crippen molar-refractivity contribution >= 4 is 40.4 Å². The lowest BCUT2D eigenvalue weighted by Crippen LogP contribution is -2.33. The third-order valence-corrected chi connectivity index (χ3v) is 5.21. The zero-order valence-corrected chi connectivity index (χ0v) is 17.1. The Morgan fingerprint density at radius 3 is 2.30 bits per heavy atom. The van der Waals surface area contributed by atoms with Gasteiger partial charge in [0.2, 0.25) is 0 Å². The van der Waals surface area contributed by atoms with Crippen molar-refractivity contribution in [2.24, 2.45) is 0 Å². The summed E-state index contributed by atoms with van der Waals surface area (Å²) in [6.45, 7) is 3.84. The minimum Gasteiger partial charge on any atom is -0.350 e. The molecule has 30 heavy (non-hydrogen) atoms. The zero-order valence-electron chi connectivity index (χ0n) is 16.4. The first-order chi connectivity index (χ1) is 14.4. The number of carbonyl (C=O) groups excluding carboxylic acids is 2. The molecule has 150 valence electrons. The number of hydrogen-bond donors (Lipinski definition) is 1. The van der Waals surface area contributed by atoms with E-state index in [2.05, 4.69) is 5.32 Å². The molecule has 0 aliphatic carbocycles. The number of nitrogens with one attached hydrogen (secondary N) is 1. The molecule has 0 atom stereocenters. The summed E-state index contributed by atoms with van der Waals surface area (Å²) in [4.78, 5) is 27.5. The van der Waals surface area contributed by atoms with Crippen LogP contribution < -0.4 is 10.2 Å². The highest BCUT2D eigenvalue weighted by molar-refractivity contribution is 6.46. The van der Waals surface area contributed by atoms with Gasteiger partial charge in [0.15, 0.2) is 0 Å². The zero-order chi connectivity index (χ0) is 21.4. The number of rotatable bonds is 4. The third kappa shape index (κ3) is 3.48. The van der Waals surface area contributed by atoms with Gasteiger partial charge in [0.05, 0.1) is 11.3 Å². The average Bonchev–Trinajstić information content (AvgIpc) is 2.96. The average molecular weight is 421 g/mol. The number of anilines is 2. The minimum atomic E-state index is -0.650. The SMILES string of the molecule is Cc1ccc(C)c(NC2=C(c3ccc(Cl)cc3)C(=O)N(c3ccccc3F)C2=O)c1. The number of para-hydroxylation sites is 1. The van der Waals surface area contributed by atoms with Gasteiger partial charge >= 0.3 is 0 Å². The first-order valence-electron chi connectivity index (χ1n) is 9.34. The number of hydrogen-bond acceptors (Lipinski definition) is 3. The summed E-state index contributed by atoms with van der Waals surface area (Å²) in [5, 5.41) is 3.63. The van der Waals surface area contributed by atoms with Crippen molar-refractivity contribution in [1.29, 1.82) is 0 Å². The molecule has 3 aromatic carbocycles. The van der Waals surface area contributed by atoms with E-state index in [1.165, 1.54) is 18.2 Å². The Kier molecular flexibility index (Phi) is 5.14. The highest BCUT2D eigenvalue weighted by Crippen LogP contribution is 2.35. The van der Waals surface area contributed by atoms with Crippen molar-refractivity contribution in [3.8, 4) is 0 Å². The van der Waals surface area contributed by atoms with E-state index in [1.54, 1.807) is 30.3 Å². The Morgan fingerprint density at radius 2 is 1.60 bits per heavy atom. The lowest BCUT2D eigenvalue weighted by atomic mass is 10.0. The molecule has 0 saturated carbocycles. The van der Waals surface area contributed by atoms with E-state index in [4.69, 9.17) is 11.6 Å². The van der Waals surface area contributed by atoms with Crippen molar-refractivity contribution in [2.45, 2.75) is 13.8 Å². The van der Waals surface area contributed by atoms with Crippen LogP contribution >= 0.6 is 11.6 Å². The van der Waals surface area contributed by atoms with Crippen LogP contribution in [0.15, 0.2) is 72.4 Å². The van der Waals surface area contributed by atoms with Gasteiger partial charge in [-0.1, -0.05) is 48.0 Å². The van der Waals surface area contributed by atoms with E-state index < -0.39 is 17.6 Å². The van der Waals surface area contributed by atoms with Gasteiger partial charge in [0.25, 0.3) is 11.8 Å². The lowest BCUT2D eigenvalue weighted by molar-refractivity contribution is -0.120. The van der Waals surface area contributed by atoms with Crippen LogP contribution in [-0.4, -0.2) is 11.8 Å². The van der Waals surface area contributed by atoms with Gasteiger partial charge in [0, 0.05) is 10.7 Å². The monoisotopic (exact) mass is 420 g/mol. The van der Waals surface area contributed by atoms with Crippen molar-refractivity contribution in [3.05, 3.63) is 100.0 Å². The van der Waals surface area contributed by atoms with E-state index in [1.807, 2.05) is 32.0 Å². The van der Waals surface area contributed by atoms with Crippen molar-refractivity contribution in [3.63, 3.8) is 0 Å². The quantitative estimate of drug-likeness (QED) is 0.567. The summed E-state index contributed by atoms with van der Waals surface area (Å²) in [6.07, 6.45) is 0. The summed E-state index contributed by atoms with van der Waals surface area (Å²) >= 11 is 5.99. The molecule has 0 unspecified atom stereocenters. The van der Waals surface area contributed by atoms with Gasteiger partial charge in [0.1, 0.15) is 11.5 Å². The first-order valence-corrected chi connectivity index (χ1v) is 9.72. The number of carbonyl (C=O) groups is 2. The van der Waals surface area contributed by atoms with E-state index >= 15 is 0 Å². The second kappa shape index (κ2) is 7.76. The van der Waals surface area contributed by atoms with E-state index in [0.29, 0.717) is 16.3 Å². The minimum absolute atomic E-state index is 0.0864. The van der Waals surface area contributed by atoms with Crippen molar-refractivity contribution in [2.75, 3.05) is 10.2 Å². The second-order valence-electron chi connectivity index (χ2n) is 7.10. The molecule has 1 aliphatic rings. The molecule has 1 aliphatic heterocycles. The Morgan fingerprint density at radius 1 is 0.900 bits per heavy atom. The molecule has 0 saturated heterocycles. The summed E-state index contributed by atoms with van der Waals surface area (Å²) in [6, 6.07) is 18.1. The number of halogens is 2. The molecule has 3 aromatic rings. The predicted molar refractivity (Wildman–Crippen MR) is 117 cm³/mol. The molecular weight excluding hydrogens is 403 g/mol. The fraction of sp³-hybridized carbons (Fsp3) is 0.0833. The predicted octanol–water partition coefficient (Wildman–Crippen LogP) is 5.49. The third-order valence-electron chi connectivity index (χ3n) is 4.96. The van der Waals surface area contributed by atoms with Crippen LogP contribution in [0.2, 0.25) is 5.02 Å². The van der Waals surface area contributed by atoms with Gasteiger partial charge in [-0.2, -0.15) is 0 Å². The van der Waals surface area contributed by atoms with Gasteiger partial charge < -0.3 is 5.32 Å². The number of amides is 2. The fourth-order valence-electron chi connectivity index (χ4n) is 3.39. The Balaban J connectivity index is 1.87. The smallest absolute Gasteiger partial charge is 0.282 e. The molecule has 4 rings (SSSR count). The maximum atomic E-state index is 14.4. The highest BCUT2D eigenvalue weighted by atomic mass is 35.5. The summed E-state index contributed by atoms with van der Waals surface area (Å²) in [5.74, 6) is -1.86. The molecule has 1 heterocycles. The van der Waals surface area contributed by atoms with Crippen LogP contribution in [0.5, 0.6) is 0 Å². The molecule has 6 heteroatoms. The summed E-state index contributed by atoms with van der Waals surface area (Å²) in [5.41, 5.74) is 3.31. The van der Waals surface area contributed by atoms with Gasteiger partial charge in [-0.15, -0.1) is 0 Å². The molecule has 0 aromatic heterocycles.